The molecule has 0 radical (unpaired) electrons. The van der Waals surface area contributed by atoms with Crippen molar-refractivity contribution < 1.29 is 22.4 Å². The highest BCUT2D eigenvalue weighted by molar-refractivity contribution is 5.95. The fourth-order valence-corrected chi connectivity index (χ4v) is 3.23. The van der Waals surface area contributed by atoms with Gasteiger partial charge < -0.3 is 9.73 Å². The molecule has 0 saturated carbocycles. The van der Waals surface area contributed by atoms with E-state index < -0.39 is 17.6 Å². The van der Waals surface area contributed by atoms with Gasteiger partial charge in [-0.05, 0) is 56.1 Å². The Bertz CT molecular complexity index is 721. The van der Waals surface area contributed by atoms with Gasteiger partial charge in [-0.1, -0.05) is 12.1 Å². The lowest BCUT2D eigenvalue weighted by molar-refractivity contribution is -0.137. The van der Waals surface area contributed by atoms with E-state index >= 15 is 0 Å². The Labute approximate surface area is 150 Å². The highest BCUT2D eigenvalue weighted by Crippen LogP contribution is 2.31. The van der Waals surface area contributed by atoms with Crippen molar-refractivity contribution >= 4 is 5.91 Å². The van der Waals surface area contributed by atoms with E-state index in [4.69, 9.17) is 4.42 Å². The van der Waals surface area contributed by atoms with Gasteiger partial charge in [-0.15, -0.1) is 0 Å². The number of furan rings is 1. The molecule has 0 atom stereocenters. The highest BCUT2D eigenvalue weighted by atomic mass is 19.4. The molecule has 1 saturated heterocycles. The quantitative estimate of drug-likeness (QED) is 0.872. The summed E-state index contributed by atoms with van der Waals surface area (Å²) in [4.78, 5) is 14.5. The molecule has 1 aliphatic rings. The van der Waals surface area contributed by atoms with E-state index in [0.29, 0.717) is 6.54 Å². The molecule has 2 heterocycles. The van der Waals surface area contributed by atoms with E-state index in [9.17, 15) is 18.0 Å². The van der Waals surface area contributed by atoms with Gasteiger partial charge in [-0.3, -0.25) is 9.69 Å². The van der Waals surface area contributed by atoms with Gasteiger partial charge in [0.15, 0.2) is 0 Å². The molecule has 0 aliphatic carbocycles. The average molecular weight is 366 g/mol. The van der Waals surface area contributed by atoms with Crippen LogP contribution in [0.25, 0.3) is 0 Å². The topological polar surface area (TPSA) is 45.5 Å². The van der Waals surface area contributed by atoms with Gasteiger partial charge >= 0.3 is 6.18 Å². The van der Waals surface area contributed by atoms with Crippen LogP contribution in [-0.2, 0) is 12.7 Å². The number of benzene rings is 1. The van der Waals surface area contributed by atoms with E-state index in [-0.39, 0.29) is 11.5 Å². The molecule has 1 amide bonds. The minimum absolute atomic E-state index is 0.268. The normalized spacial score (nSPS) is 16.6. The van der Waals surface area contributed by atoms with E-state index in [1.807, 2.05) is 12.1 Å². The van der Waals surface area contributed by atoms with Crippen molar-refractivity contribution in [2.75, 3.05) is 19.6 Å². The maximum Gasteiger partial charge on any atom is 0.417 e. The van der Waals surface area contributed by atoms with E-state index in [0.717, 1.165) is 44.3 Å². The second-order valence-corrected chi connectivity index (χ2v) is 6.55. The second kappa shape index (κ2) is 7.95. The molecule has 1 aliphatic heterocycles. The van der Waals surface area contributed by atoms with E-state index in [1.54, 1.807) is 6.26 Å². The lowest BCUT2D eigenvalue weighted by Gasteiger charge is -2.31. The summed E-state index contributed by atoms with van der Waals surface area (Å²) in [6, 6.07) is 8.67. The minimum atomic E-state index is -4.54. The molecule has 140 valence electrons. The average Bonchev–Trinajstić information content (AvgIpc) is 3.13. The maximum absolute atomic E-state index is 13.0. The first-order valence-corrected chi connectivity index (χ1v) is 8.62. The zero-order valence-electron chi connectivity index (χ0n) is 14.3. The van der Waals surface area contributed by atoms with Crippen molar-refractivity contribution in [3.05, 3.63) is 59.5 Å². The molecule has 0 spiro atoms. The molecule has 0 unspecified atom stereocenters. The van der Waals surface area contributed by atoms with Crippen LogP contribution in [0.4, 0.5) is 13.2 Å². The Balaban J connectivity index is 1.49. The third kappa shape index (κ3) is 4.66. The number of alkyl halides is 3. The van der Waals surface area contributed by atoms with E-state index in [1.165, 1.54) is 18.2 Å². The molecule has 7 heteroatoms. The van der Waals surface area contributed by atoms with Crippen LogP contribution >= 0.6 is 0 Å². The molecule has 0 bridgehead atoms. The Morgan fingerprint density at radius 3 is 2.54 bits per heavy atom. The molecule has 3 rings (SSSR count). The first kappa shape index (κ1) is 18.5. The molecular formula is C19H21F3N2O2. The molecule has 1 fully saturated rings. The third-order valence-electron chi connectivity index (χ3n) is 4.70. The fraction of sp³-hybridized carbons (Fsp3) is 0.421. The van der Waals surface area contributed by atoms with Crippen LogP contribution < -0.4 is 5.32 Å². The van der Waals surface area contributed by atoms with Crippen LogP contribution in [0, 0.1) is 5.92 Å². The molecular weight excluding hydrogens is 345 g/mol. The zero-order valence-corrected chi connectivity index (χ0v) is 14.3. The van der Waals surface area contributed by atoms with Crippen molar-refractivity contribution in [1.29, 1.82) is 0 Å². The number of halogens is 3. The number of nitrogens with one attached hydrogen (secondary N) is 1. The Morgan fingerprint density at radius 1 is 1.15 bits per heavy atom. The molecule has 1 aromatic carbocycles. The molecule has 2 aromatic rings. The first-order chi connectivity index (χ1) is 12.4. The summed E-state index contributed by atoms with van der Waals surface area (Å²) < 4.78 is 44.4. The number of hydrogen-bond donors (Lipinski definition) is 1. The van der Waals surface area contributed by atoms with Crippen molar-refractivity contribution in [2.24, 2.45) is 5.92 Å². The number of nitrogens with zero attached hydrogens (tertiary/aromatic N) is 1. The number of likely N-dealkylation sites (tertiary alicyclic amines) is 1. The van der Waals surface area contributed by atoms with Gasteiger partial charge in [-0.25, -0.2) is 0 Å². The lowest BCUT2D eigenvalue weighted by Crippen LogP contribution is -2.38. The first-order valence-electron chi connectivity index (χ1n) is 8.62. The maximum atomic E-state index is 13.0. The number of hydrogen-bond acceptors (Lipinski definition) is 3. The fourth-order valence-electron chi connectivity index (χ4n) is 3.23. The van der Waals surface area contributed by atoms with Crippen LogP contribution in [0.3, 0.4) is 0 Å². The number of carbonyl (C=O) groups is 1. The third-order valence-corrected chi connectivity index (χ3v) is 4.70. The number of carbonyl (C=O) groups excluding carboxylic acids is 1. The smallest absolute Gasteiger partial charge is 0.417 e. The monoisotopic (exact) mass is 366 g/mol. The molecule has 26 heavy (non-hydrogen) atoms. The summed E-state index contributed by atoms with van der Waals surface area (Å²) in [5.41, 5.74) is -1.22. The van der Waals surface area contributed by atoms with Crippen LogP contribution in [0.1, 0.15) is 34.5 Å². The molecule has 1 N–H and O–H groups in total. The minimum Gasteiger partial charge on any atom is -0.468 e. The predicted octanol–water partition coefficient (Wildman–Crippen LogP) is 3.94. The summed E-state index contributed by atoms with van der Waals surface area (Å²) >= 11 is 0. The van der Waals surface area contributed by atoms with Crippen LogP contribution in [0.5, 0.6) is 0 Å². The number of amides is 1. The molecule has 4 nitrogen and oxygen atoms in total. The summed E-state index contributed by atoms with van der Waals surface area (Å²) in [6.45, 7) is 2.89. The highest BCUT2D eigenvalue weighted by Gasteiger charge is 2.34. The summed E-state index contributed by atoms with van der Waals surface area (Å²) in [5.74, 6) is 0.515. The number of piperidine rings is 1. The van der Waals surface area contributed by atoms with Gasteiger partial charge in [0.1, 0.15) is 5.76 Å². The van der Waals surface area contributed by atoms with Crippen molar-refractivity contribution in [2.45, 2.75) is 25.6 Å². The molecule has 1 aromatic heterocycles. The van der Waals surface area contributed by atoms with Crippen molar-refractivity contribution in [3.63, 3.8) is 0 Å². The van der Waals surface area contributed by atoms with Gasteiger partial charge in [0.25, 0.3) is 5.91 Å². The van der Waals surface area contributed by atoms with Gasteiger partial charge in [0.2, 0.25) is 0 Å². The van der Waals surface area contributed by atoms with E-state index in [2.05, 4.69) is 10.2 Å². The van der Waals surface area contributed by atoms with Gasteiger partial charge in [0.05, 0.1) is 23.9 Å². The predicted molar refractivity (Wildman–Crippen MR) is 90.5 cm³/mol. The largest absolute Gasteiger partial charge is 0.468 e. The zero-order chi connectivity index (χ0) is 18.6. The van der Waals surface area contributed by atoms with Crippen LogP contribution in [0.15, 0.2) is 47.1 Å². The summed E-state index contributed by atoms with van der Waals surface area (Å²) in [6.07, 6.45) is -1.11. The SMILES string of the molecule is O=C(NCC1CCN(Cc2ccco2)CC1)c1ccccc1C(F)(F)F. The standard InChI is InChI=1S/C19H21F3N2O2/c20-19(21,22)17-6-2-1-5-16(17)18(25)23-12-14-7-9-24(10-8-14)13-15-4-3-11-26-15/h1-6,11,14H,7-10,12-13H2,(H,23,25). The lowest BCUT2D eigenvalue weighted by atomic mass is 9.96. The Kier molecular flexibility index (Phi) is 5.66. The van der Waals surface area contributed by atoms with Gasteiger partial charge in [-0.2, -0.15) is 13.2 Å². The van der Waals surface area contributed by atoms with Crippen LogP contribution in [-0.4, -0.2) is 30.4 Å². The van der Waals surface area contributed by atoms with Crippen molar-refractivity contribution in [3.8, 4) is 0 Å². The van der Waals surface area contributed by atoms with Gasteiger partial charge in [0, 0.05) is 6.54 Å². The summed E-state index contributed by atoms with van der Waals surface area (Å²) in [7, 11) is 0. The Hall–Kier alpha value is -2.28. The second-order valence-electron chi connectivity index (χ2n) is 6.55. The Morgan fingerprint density at radius 2 is 1.88 bits per heavy atom. The van der Waals surface area contributed by atoms with Crippen LogP contribution in [0.2, 0.25) is 0 Å². The number of rotatable bonds is 5. The summed E-state index contributed by atoms with van der Waals surface area (Å²) in [5, 5.41) is 2.67. The van der Waals surface area contributed by atoms with Crippen molar-refractivity contribution in [1.82, 2.24) is 10.2 Å².